The zero-order chi connectivity index (χ0) is 24.2. The van der Waals surface area contributed by atoms with Gasteiger partial charge < -0.3 is 15.2 Å². The molecular weight excluding hydrogens is 434 g/mol. The average Bonchev–Trinajstić information content (AvgIpc) is 3.44. The number of carboxylic acid groups (broad SMARTS) is 1. The number of ether oxygens (including phenoxy) is 1. The van der Waals surface area contributed by atoms with Gasteiger partial charge in [0.2, 0.25) is 0 Å². The molecule has 1 unspecified atom stereocenters. The van der Waals surface area contributed by atoms with Crippen LogP contribution in [0.1, 0.15) is 34.7 Å². The van der Waals surface area contributed by atoms with Crippen molar-refractivity contribution in [1.29, 1.82) is 0 Å². The molecule has 0 radical (unpaired) electrons. The fourth-order valence-electron chi connectivity index (χ4n) is 3.55. The molecule has 4 aromatic rings. The van der Waals surface area contributed by atoms with Gasteiger partial charge in [0.15, 0.2) is 6.73 Å². The van der Waals surface area contributed by atoms with Gasteiger partial charge in [-0.2, -0.15) is 10.2 Å². The van der Waals surface area contributed by atoms with E-state index in [9.17, 15) is 9.59 Å². The monoisotopic (exact) mass is 459 g/mol. The van der Waals surface area contributed by atoms with Crippen molar-refractivity contribution in [3.8, 4) is 16.9 Å². The Morgan fingerprint density at radius 2 is 1.79 bits per heavy atom. The molecule has 0 aliphatic heterocycles. The molecule has 0 aliphatic rings. The molecule has 34 heavy (non-hydrogen) atoms. The summed E-state index contributed by atoms with van der Waals surface area (Å²) < 4.78 is 9.01. The third-order valence-corrected chi connectivity index (χ3v) is 5.55. The molecule has 0 bridgehead atoms. The van der Waals surface area contributed by atoms with E-state index in [4.69, 9.17) is 9.84 Å². The second kappa shape index (κ2) is 9.62. The first-order valence-corrected chi connectivity index (χ1v) is 10.7. The molecule has 174 valence electrons. The summed E-state index contributed by atoms with van der Waals surface area (Å²) in [4.78, 5) is 23.9. The van der Waals surface area contributed by atoms with E-state index >= 15 is 0 Å². The Hall–Kier alpha value is -4.40. The number of benzene rings is 2. The van der Waals surface area contributed by atoms with E-state index in [1.807, 2.05) is 61.5 Å². The Kier molecular flexibility index (Phi) is 6.44. The Balaban J connectivity index is 1.49. The molecule has 0 aliphatic carbocycles. The Morgan fingerprint density at radius 3 is 2.53 bits per heavy atom. The molecule has 2 aromatic carbocycles. The zero-order valence-electron chi connectivity index (χ0n) is 19.1. The summed E-state index contributed by atoms with van der Waals surface area (Å²) >= 11 is 0. The molecule has 9 heteroatoms. The molecule has 2 N–H and O–H groups in total. The summed E-state index contributed by atoms with van der Waals surface area (Å²) in [5, 5.41) is 20.5. The lowest BCUT2D eigenvalue weighted by molar-refractivity contribution is -0.140. The van der Waals surface area contributed by atoms with Gasteiger partial charge in [-0.1, -0.05) is 48.5 Å². The average molecular weight is 460 g/mol. The van der Waals surface area contributed by atoms with Gasteiger partial charge in [-0.3, -0.25) is 9.48 Å². The highest BCUT2D eigenvalue weighted by Crippen LogP contribution is 2.30. The van der Waals surface area contributed by atoms with Crippen molar-refractivity contribution in [2.24, 2.45) is 0 Å². The number of carboxylic acids is 1. The molecule has 0 saturated heterocycles. The van der Waals surface area contributed by atoms with Gasteiger partial charge in [0.25, 0.3) is 5.91 Å². The smallest absolute Gasteiger partial charge is 0.328 e. The third kappa shape index (κ3) is 4.68. The fraction of sp³-hybridized carbons (Fsp3) is 0.200. The number of rotatable bonds is 8. The number of anilines is 1. The predicted molar refractivity (Wildman–Crippen MR) is 127 cm³/mol. The molecule has 0 fully saturated rings. The van der Waals surface area contributed by atoms with Crippen LogP contribution in [0.15, 0.2) is 67.0 Å². The Morgan fingerprint density at radius 1 is 1.09 bits per heavy atom. The number of hydrogen-bond acceptors (Lipinski definition) is 5. The van der Waals surface area contributed by atoms with Crippen LogP contribution in [-0.4, -0.2) is 36.5 Å². The lowest BCUT2D eigenvalue weighted by Gasteiger charge is -2.13. The van der Waals surface area contributed by atoms with Gasteiger partial charge in [0, 0.05) is 11.8 Å². The minimum absolute atomic E-state index is 0.167. The normalized spacial score (nSPS) is 11.7. The van der Waals surface area contributed by atoms with Crippen molar-refractivity contribution in [2.75, 3.05) is 5.32 Å². The van der Waals surface area contributed by atoms with Crippen LogP contribution in [-0.2, 0) is 11.5 Å². The van der Waals surface area contributed by atoms with Crippen molar-refractivity contribution < 1.29 is 19.4 Å². The second-order valence-corrected chi connectivity index (χ2v) is 7.86. The fourth-order valence-corrected chi connectivity index (χ4v) is 3.55. The first-order valence-electron chi connectivity index (χ1n) is 10.7. The highest BCUT2D eigenvalue weighted by atomic mass is 16.5. The molecule has 1 amide bonds. The Bertz CT molecular complexity index is 1330. The van der Waals surface area contributed by atoms with E-state index in [-0.39, 0.29) is 12.3 Å². The van der Waals surface area contributed by atoms with E-state index < -0.39 is 17.9 Å². The maximum atomic E-state index is 12.7. The van der Waals surface area contributed by atoms with Crippen molar-refractivity contribution in [3.05, 3.63) is 83.9 Å². The summed E-state index contributed by atoms with van der Waals surface area (Å²) in [6, 6.07) is 16.9. The first-order chi connectivity index (χ1) is 16.3. The molecule has 2 aromatic heterocycles. The maximum Gasteiger partial charge on any atom is 0.328 e. The number of hydrogen-bond donors (Lipinski definition) is 2. The van der Waals surface area contributed by atoms with Crippen LogP contribution in [0.25, 0.3) is 11.1 Å². The van der Waals surface area contributed by atoms with Gasteiger partial charge in [0.1, 0.15) is 11.8 Å². The molecule has 9 nitrogen and oxygen atoms in total. The first kappa shape index (κ1) is 22.8. The van der Waals surface area contributed by atoms with Crippen LogP contribution in [0.3, 0.4) is 0 Å². The van der Waals surface area contributed by atoms with Crippen LogP contribution >= 0.6 is 0 Å². The third-order valence-electron chi connectivity index (χ3n) is 5.55. The summed E-state index contributed by atoms with van der Waals surface area (Å²) in [5.41, 5.74) is 4.23. The lowest BCUT2D eigenvalue weighted by atomic mass is 10.1. The van der Waals surface area contributed by atoms with Gasteiger partial charge in [-0.05, 0) is 32.4 Å². The maximum absolute atomic E-state index is 12.7. The quantitative estimate of drug-likeness (QED) is 0.406. The van der Waals surface area contributed by atoms with E-state index in [0.717, 1.165) is 22.6 Å². The van der Waals surface area contributed by atoms with Crippen molar-refractivity contribution in [3.63, 3.8) is 0 Å². The van der Waals surface area contributed by atoms with E-state index in [1.165, 1.54) is 24.0 Å². The van der Waals surface area contributed by atoms with E-state index in [1.54, 1.807) is 11.6 Å². The van der Waals surface area contributed by atoms with Crippen LogP contribution < -0.4 is 10.1 Å². The number of aryl methyl sites for hydroxylation is 1. The summed E-state index contributed by atoms with van der Waals surface area (Å²) in [5.74, 6) is -0.700. The minimum Gasteiger partial charge on any atom is -0.480 e. The van der Waals surface area contributed by atoms with Gasteiger partial charge in [-0.15, -0.1) is 0 Å². The van der Waals surface area contributed by atoms with E-state index in [0.29, 0.717) is 11.4 Å². The van der Waals surface area contributed by atoms with Crippen LogP contribution in [0, 0.1) is 13.8 Å². The number of aliphatic carboxylic acids is 1. The standard InChI is InChI=1S/C25H25N5O4/c1-16-23(27-24(31)20-13-26-29(14-20)18(3)25(32)33)17(2)30(28-16)15-34-22-12-8-7-11-21(22)19-9-5-4-6-10-19/h4-14,18H,15H2,1-3H3,(H,27,31)(H,32,33). The predicted octanol–water partition coefficient (Wildman–Crippen LogP) is 4.30. The van der Waals surface area contributed by atoms with Gasteiger partial charge >= 0.3 is 5.97 Å². The largest absolute Gasteiger partial charge is 0.480 e. The number of para-hydroxylation sites is 1. The Labute approximate surface area is 196 Å². The summed E-state index contributed by atoms with van der Waals surface area (Å²) in [6.45, 7) is 5.30. The molecular formula is C25H25N5O4. The number of nitrogens with zero attached hydrogens (tertiary/aromatic N) is 4. The highest BCUT2D eigenvalue weighted by molar-refractivity contribution is 6.04. The van der Waals surface area contributed by atoms with Gasteiger partial charge in [-0.25, -0.2) is 9.48 Å². The summed E-state index contributed by atoms with van der Waals surface area (Å²) in [6.07, 6.45) is 2.75. The number of nitrogens with one attached hydrogen (secondary N) is 1. The van der Waals surface area contributed by atoms with Crippen LogP contribution in [0.5, 0.6) is 5.75 Å². The van der Waals surface area contributed by atoms with Crippen LogP contribution in [0.4, 0.5) is 5.69 Å². The molecule has 4 rings (SSSR count). The lowest BCUT2D eigenvalue weighted by Crippen LogP contribution is -2.16. The molecule has 0 spiro atoms. The molecule has 2 heterocycles. The number of carbonyl (C=O) groups is 2. The number of aromatic nitrogens is 4. The highest BCUT2D eigenvalue weighted by Gasteiger charge is 2.19. The minimum atomic E-state index is -1.03. The second-order valence-electron chi connectivity index (χ2n) is 7.86. The number of carbonyl (C=O) groups excluding carboxylic acids is 1. The topological polar surface area (TPSA) is 111 Å². The SMILES string of the molecule is Cc1nn(COc2ccccc2-c2ccccc2)c(C)c1NC(=O)c1cnn(C(C)C(=O)O)c1. The zero-order valence-corrected chi connectivity index (χ0v) is 19.1. The molecule has 0 saturated carbocycles. The van der Waals surface area contributed by atoms with Crippen molar-refractivity contribution >= 4 is 17.6 Å². The van der Waals surface area contributed by atoms with Crippen molar-refractivity contribution in [2.45, 2.75) is 33.5 Å². The summed E-state index contributed by atoms with van der Waals surface area (Å²) in [7, 11) is 0. The van der Waals surface area contributed by atoms with E-state index in [2.05, 4.69) is 15.5 Å². The van der Waals surface area contributed by atoms with Crippen molar-refractivity contribution in [1.82, 2.24) is 19.6 Å². The van der Waals surface area contributed by atoms with Crippen LogP contribution in [0.2, 0.25) is 0 Å². The molecule has 1 atom stereocenters. The number of amides is 1. The van der Waals surface area contributed by atoms with Gasteiger partial charge in [0.05, 0.1) is 28.8 Å².